The Morgan fingerprint density at radius 2 is 0.936 bits per heavy atom. The largest absolute Gasteiger partial charge is 0.310 e. The van der Waals surface area contributed by atoms with Crippen molar-refractivity contribution in [2.45, 2.75) is 0 Å². The van der Waals surface area contributed by atoms with Gasteiger partial charge in [-0.1, -0.05) is 164 Å². The number of fused-ring (bicyclic) bond motifs is 1. The van der Waals surface area contributed by atoms with Gasteiger partial charge in [-0.15, -0.1) is 0 Å². The van der Waals surface area contributed by atoms with Gasteiger partial charge in [0.1, 0.15) is 0 Å². The summed E-state index contributed by atoms with van der Waals surface area (Å²) in [5.41, 5.74) is 4.71. The van der Waals surface area contributed by atoms with Crippen LogP contribution >= 0.6 is 0 Å². The molecule has 0 bridgehead atoms. The lowest BCUT2D eigenvalue weighted by atomic mass is 9.98. The van der Waals surface area contributed by atoms with Crippen LogP contribution in [0, 0.1) is 0 Å². The van der Waals surface area contributed by atoms with Gasteiger partial charge in [0.2, 0.25) is 0 Å². The van der Waals surface area contributed by atoms with Crippen LogP contribution in [0.25, 0.3) is 55.3 Å². The van der Waals surface area contributed by atoms with Crippen molar-refractivity contribution in [2.75, 3.05) is 4.90 Å². The minimum atomic E-state index is -0.445. The molecule has 8 rings (SSSR count). The third kappa shape index (κ3) is 5.83. The highest BCUT2D eigenvalue weighted by atomic mass is 15.1. The number of rotatable bonds is 7. The highest BCUT2D eigenvalue weighted by molar-refractivity contribution is 5.91. The summed E-state index contributed by atoms with van der Waals surface area (Å²) in [6.45, 7) is 0. The normalized spacial score (nSPS) is 13.4. The van der Waals surface area contributed by atoms with E-state index in [1.807, 2.05) is 121 Å². The Bertz CT molecular complexity index is 2700. The number of hydrogen-bond acceptors (Lipinski definition) is 1. The molecule has 0 aliphatic heterocycles. The van der Waals surface area contributed by atoms with E-state index in [0.717, 1.165) is 27.5 Å². The fraction of sp³-hybridized carbons (Fsp3) is 0. The van der Waals surface area contributed by atoms with Gasteiger partial charge in [-0.25, -0.2) is 0 Å². The topological polar surface area (TPSA) is 3.24 Å². The maximum Gasteiger partial charge on any atom is 0.0651 e. The molecule has 0 N–H and O–H groups in total. The molecule has 0 saturated carbocycles. The van der Waals surface area contributed by atoms with Gasteiger partial charge in [-0.2, -0.15) is 0 Å². The summed E-state index contributed by atoms with van der Waals surface area (Å²) < 4.78 is 74.7. The first-order chi connectivity index (χ1) is 26.7. The quantitative estimate of drug-likeness (QED) is 0.174. The minimum absolute atomic E-state index is 0.117. The Morgan fingerprint density at radius 1 is 0.362 bits per heavy atom. The van der Waals surface area contributed by atoms with E-state index in [4.69, 9.17) is 2.74 Å². The van der Waals surface area contributed by atoms with Crippen molar-refractivity contribution in [2.24, 2.45) is 0 Å². The van der Waals surface area contributed by atoms with Crippen LogP contribution in [-0.4, -0.2) is 0 Å². The van der Waals surface area contributed by atoms with Crippen LogP contribution in [0.1, 0.15) is 11.0 Å². The second-order valence-corrected chi connectivity index (χ2v) is 11.2. The highest BCUT2D eigenvalue weighted by Gasteiger charge is 2.18. The van der Waals surface area contributed by atoms with Gasteiger partial charge in [0.25, 0.3) is 0 Å². The Balaban J connectivity index is 1.40. The van der Waals surface area contributed by atoms with Crippen LogP contribution in [0.5, 0.6) is 0 Å². The molecule has 0 aliphatic carbocycles. The standard InChI is InChI=1S/C46H33N/c1-3-12-34(13-4-1)36-22-24-37(25-23-36)38-28-30-43(31-29-38)47(46-21-10-9-20-45(46)39-15-5-2-6-16-39)44-19-11-18-41(33-44)42-27-26-35-14-7-8-17-40(35)32-42/h1-33H/i11D,18D,19D,28D,29D,30D,31D,33D. The van der Waals surface area contributed by atoms with Crippen molar-refractivity contribution in [3.63, 3.8) is 0 Å². The van der Waals surface area contributed by atoms with Crippen molar-refractivity contribution < 1.29 is 11.0 Å². The predicted octanol–water partition coefficient (Wildman–Crippen LogP) is 13.0. The Labute approximate surface area is 287 Å². The van der Waals surface area contributed by atoms with Crippen LogP contribution in [0.2, 0.25) is 0 Å². The van der Waals surface area contributed by atoms with E-state index in [1.54, 1.807) is 30.3 Å². The molecular formula is C46H33N. The lowest BCUT2D eigenvalue weighted by Gasteiger charge is -2.28. The number of para-hydroxylation sites is 1. The molecule has 0 amide bonds. The van der Waals surface area contributed by atoms with Gasteiger partial charge in [0.05, 0.1) is 16.7 Å². The molecule has 8 aromatic carbocycles. The van der Waals surface area contributed by atoms with Gasteiger partial charge < -0.3 is 4.90 Å². The van der Waals surface area contributed by atoms with Gasteiger partial charge in [-0.05, 0) is 86.0 Å². The SMILES string of the molecule is [2H]c1c([2H])c(-c2ccc3ccccc3c2)c([2H])c(N(c2ccccc2-c2ccccc2)c2c([2H])c([2H])c(-c3ccc(-c4ccccc4)cc3)c([2H])c2[2H])c1[2H]. The molecular weight excluding hydrogens is 567 g/mol. The smallest absolute Gasteiger partial charge is 0.0651 e. The Hall–Kier alpha value is -6.18. The van der Waals surface area contributed by atoms with E-state index >= 15 is 0 Å². The van der Waals surface area contributed by atoms with E-state index in [-0.39, 0.29) is 58.8 Å². The van der Waals surface area contributed by atoms with E-state index in [2.05, 4.69) is 0 Å². The third-order valence-corrected chi connectivity index (χ3v) is 8.22. The maximum absolute atomic E-state index is 9.71. The van der Waals surface area contributed by atoms with Crippen LogP contribution in [0.15, 0.2) is 200 Å². The van der Waals surface area contributed by atoms with Crippen molar-refractivity contribution >= 4 is 27.8 Å². The fourth-order valence-corrected chi connectivity index (χ4v) is 5.84. The molecule has 0 radical (unpaired) electrons. The molecule has 0 aliphatic rings. The van der Waals surface area contributed by atoms with Crippen molar-refractivity contribution in [1.29, 1.82) is 0 Å². The molecule has 0 atom stereocenters. The first kappa shape index (κ1) is 20.8. The van der Waals surface area contributed by atoms with Gasteiger partial charge in [0, 0.05) is 16.9 Å². The van der Waals surface area contributed by atoms with Crippen LogP contribution < -0.4 is 4.90 Å². The number of benzene rings is 8. The summed E-state index contributed by atoms with van der Waals surface area (Å²) in [7, 11) is 0. The number of nitrogens with zero attached hydrogens (tertiary/aromatic N) is 1. The van der Waals surface area contributed by atoms with Gasteiger partial charge in [0.15, 0.2) is 0 Å². The molecule has 47 heavy (non-hydrogen) atoms. The minimum Gasteiger partial charge on any atom is -0.310 e. The summed E-state index contributed by atoms with van der Waals surface area (Å²) in [5.74, 6) is 0. The maximum atomic E-state index is 9.71. The van der Waals surface area contributed by atoms with E-state index in [0.29, 0.717) is 22.4 Å². The Kier molecular flexibility index (Phi) is 5.60. The van der Waals surface area contributed by atoms with Gasteiger partial charge in [-0.3, -0.25) is 0 Å². The number of hydrogen-bond donors (Lipinski definition) is 0. The van der Waals surface area contributed by atoms with Crippen LogP contribution in [-0.2, 0) is 0 Å². The molecule has 0 spiro atoms. The summed E-state index contributed by atoms with van der Waals surface area (Å²) in [4.78, 5) is 1.41. The van der Waals surface area contributed by atoms with Gasteiger partial charge >= 0.3 is 0 Å². The summed E-state index contributed by atoms with van der Waals surface area (Å²) in [5, 5.41) is 1.84. The number of anilines is 3. The molecule has 0 aromatic heterocycles. The zero-order valence-electron chi connectivity index (χ0n) is 33.4. The summed E-state index contributed by atoms with van der Waals surface area (Å²) >= 11 is 0. The second-order valence-electron chi connectivity index (χ2n) is 11.2. The molecule has 8 aromatic rings. The summed E-state index contributed by atoms with van der Waals surface area (Å²) in [6.07, 6.45) is 0. The monoisotopic (exact) mass is 607 g/mol. The van der Waals surface area contributed by atoms with Crippen LogP contribution in [0.3, 0.4) is 0 Å². The molecule has 0 heterocycles. The highest BCUT2D eigenvalue weighted by Crippen LogP contribution is 2.42. The first-order valence-corrected chi connectivity index (χ1v) is 15.5. The lowest BCUT2D eigenvalue weighted by Crippen LogP contribution is -2.11. The first-order valence-electron chi connectivity index (χ1n) is 19.5. The van der Waals surface area contributed by atoms with E-state index in [9.17, 15) is 8.22 Å². The zero-order valence-corrected chi connectivity index (χ0v) is 25.4. The Morgan fingerprint density at radius 3 is 1.68 bits per heavy atom. The predicted molar refractivity (Wildman–Crippen MR) is 200 cm³/mol. The molecule has 222 valence electrons. The second kappa shape index (κ2) is 12.7. The molecule has 1 heteroatoms. The fourth-order valence-electron chi connectivity index (χ4n) is 5.84. The molecule has 1 nitrogen and oxygen atoms in total. The van der Waals surface area contributed by atoms with Crippen molar-refractivity contribution in [1.82, 2.24) is 0 Å². The average Bonchev–Trinajstić information content (AvgIpc) is 3.22. The zero-order chi connectivity index (χ0) is 38.4. The summed E-state index contributed by atoms with van der Waals surface area (Å²) in [6, 6.07) is 44.3. The van der Waals surface area contributed by atoms with Crippen molar-refractivity contribution in [3.05, 3.63) is 200 Å². The third-order valence-electron chi connectivity index (χ3n) is 8.22. The lowest BCUT2D eigenvalue weighted by molar-refractivity contribution is 1.28. The molecule has 0 fully saturated rings. The van der Waals surface area contributed by atoms with E-state index < -0.39 is 12.1 Å². The molecule has 0 saturated heterocycles. The van der Waals surface area contributed by atoms with Crippen molar-refractivity contribution in [3.8, 4) is 44.5 Å². The average molecular weight is 608 g/mol. The van der Waals surface area contributed by atoms with E-state index in [1.165, 1.54) is 4.90 Å². The molecule has 0 unspecified atom stereocenters. The van der Waals surface area contributed by atoms with Crippen LogP contribution in [0.4, 0.5) is 17.1 Å².